The Morgan fingerprint density at radius 2 is 1.46 bits per heavy atom. The van der Waals surface area contributed by atoms with Crippen molar-refractivity contribution in [3.05, 3.63) is 0 Å². The SMILES string of the molecule is O=C(O)CN(CCO)CC(=O)O.[Co]. The molecule has 0 saturated carbocycles. The van der Waals surface area contributed by atoms with Gasteiger partial charge in [0.25, 0.3) is 0 Å². The van der Waals surface area contributed by atoms with E-state index in [1.54, 1.807) is 0 Å². The average Bonchev–Trinajstić information content (AvgIpc) is 1.84. The predicted octanol–water partition coefficient (Wildman–Crippen LogP) is -1.55. The van der Waals surface area contributed by atoms with Crippen molar-refractivity contribution in [2.45, 2.75) is 0 Å². The molecule has 13 heavy (non-hydrogen) atoms. The summed E-state index contributed by atoms with van der Waals surface area (Å²) in [5.74, 6) is -2.21. The molecule has 0 spiro atoms. The number of hydrogen-bond donors (Lipinski definition) is 3. The van der Waals surface area contributed by atoms with Crippen molar-refractivity contribution >= 4 is 11.9 Å². The van der Waals surface area contributed by atoms with Gasteiger partial charge in [0.15, 0.2) is 0 Å². The molecule has 6 nitrogen and oxygen atoms in total. The Labute approximate surface area is 85.3 Å². The van der Waals surface area contributed by atoms with E-state index >= 15 is 0 Å². The van der Waals surface area contributed by atoms with E-state index in [0.717, 1.165) is 4.90 Å². The van der Waals surface area contributed by atoms with Crippen LogP contribution in [0.2, 0.25) is 0 Å². The molecule has 1 radical (unpaired) electrons. The van der Waals surface area contributed by atoms with E-state index in [0.29, 0.717) is 0 Å². The van der Waals surface area contributed by atoms with E-state index in [1.807, 2.05) is 0 Å². The molecule has 0 aromatic rings. The van der Waals surface area contributed by atoms with Gasteiger partial charge >= 0.3 is 11.9 Å². The Hall–Kier alpha value is -0.634. The van der Waals surface area contributed by atoms with Crippen LogP contribution in [-0.2, 0) is 26.4 Å². The van der Waals surface area contributed by atoms with Crippen molar-refractivity contribution in [1.82, 2.24) is 4.90 Å². The molecule has 0 aromatic heterocycles. The molecule has 0 heterocycles. The number of aliphatic hydroxyl groups excluding tert-OH is 1. The summed E-state index contributed by atoms with van der Waals surface area (Å²) in [4.78, 5) is 21.4. The first kappa shape index (κ1) is 14.9. The number of aliphatic carboxylic acids is 2. The maximum Gasteiger partial charge on any atom is 0.317 e. The minimum absolute atomic E-state index is 0. The van der Waals surface area contributed by atoms with Gasteiger partial charge < -0.3 is 15.3 Å². The third-order valence-corrected chi connectivity index (χ3v) is 1.13. The minimum atomic E-state index is -1.11. The van der Waals surface area contributed by atoms with Crippen molar-refractivity contribution in [3.8, 4) is 0 Å². The van der Waals surface area contributed by atoms with Gasteiger partial charge in [-0.1, -0.05) is 0 Å². The molecule has 0 saturated heterocycles. The Morgan fingerprint density at radius 3 is 1.69 bits per heavy atom. The van der Waals surface area contributed by atoms with Crippen LogP contribution in [0.3, 0.4) is 0 Å². The van der Waals surface area contributed by atoms with Crippen molar-refractivity contribution in [1.29, 1.82) is 0 Å². The number of aliphatic hydroxyl groups is 1. The maximum absolute atomic E-state index is 10.1. The zero-order valence-corrected chi connectivity index (χ0v) is 7.81. The minimum Gasteiger partial charge on any atom is -0.480 e. The second-order valence-corrected chi connectivity index (χ2v) is 2.22. The van der Waals surface area contributed by atoms with Crippen molar-refractivity contribution in [2.24, 2.45) is 0 Å². The maximum atomic E-state index is 10.1. The fourth-order valence-corrected chi connectivity index (χ4v) is 0.738. The number of carboxylic acids is 2. The van der Waals surface area contributed by atoms with Crippen LogP contribution in [-0.4, -0.2) is 58.4 Å². The molecular weight excluding hydrogens is 225 g/mol. The van der Waals surface area contributed by atoms with Gasteiger partial charge in [0.1, 0.15) is 0 Å². The smallest absolute Gasteiger partial charge is 0.317 e. The summed E-state index contributed by atoms with van der Waals surface area (Å²) >= 11 is 0. The van der Waals surface area contributed by atoms with E-state index in [2.05, 4.69) is 0 Å². The average molecular weight is 236 g/mol. The van der Waals surface area contributed by atoms with Crippen molar-refractivity contribution in [2.75, 3.05) is 26.2 Å². The van der Waals surface area contributed by atoms with Crippen molar-refractivity contribution in [3.63, 3.8) is 0 Å². The topological polar surface area (TPSA) is 98.1 Å². The third-order valence-electron chi connectivity index (χ3n) is 1.13. The summed E-state index contributed by atoms with van der Waals surface area (Å²) in [6, 6.07) is 0. The monoisotopic (exact) mass is 236 g/mol. The fourth-order valence-electron chi connectivity index (χ4n) is 0.738. The van der Waals surface area contributed by atoms with E-state index < -0.39 is 11.9 Å². The van der Waals surface area contributed by atoms with Gasteiger partial charge in [-0.3, -0.25) is 14.5 Å². The Morgan fingerprint density at radius 1 is 1.08 bits per heavy atom. The molecule has 3 N–H and O–H groups in total. The van der Waals surface area contributed by atoms with Crippen molar-refractivity contribution < 1.29 is 41.7 Å². The predicted molar refractivity (Wildman–Crippen MR) is 38.8 cm³/mol. The Balaban J connectivity index is 0. The molecule has 7 heteroatoms. The van der Waals surface area contributed by atoms with Crippen LogP contribution in [0.15, 0.2) is 0 Å². The van der Waals surface area contributed by atoms with E-state index in [1.165, 1.54) is 0 Å². The summed E-state index contributed by atoms with van der Waals surface area (Å²) in [5.41, 5.74) is 0. The van der Waals surface area contributed by atoms with Crippen LogP contribution < -0.4 is 0 Å². The summed E-state index contributed by atoms with van der Waals surface area (Å²) in [7, 11) is 0. The Bertz CT molecular complexity index is 158. The van der Waals surface area contributed by atoms with E-state index in [4.69, 9.17) is 15.3 Å². The normalized spacial score (nSPS) is 9.38. The molecule has 0 bridgehead atoms. The summed E-state index contributed by atoms with van der Waals surface area (Å²) in [5, 5.41) is 25.0. The van der Waals surface area contributed by atoms with Gasteiger partial charge in [0.2, 0.25) is 0 Å². The van der Waals surface area contributed by atoms with Gasteiger partial charge in [-0.15, -0.1) is 0 Å². The molecule has 0 aliphatic heterocycles. The van der Waals surface area contributed by atoms with Crippen LogP contribution >= 0.6 is 0 Å². The molecule has 0 unspecified atom stereocenters. The zero-order valence-electron chi connectivity index (χ0n) is 6.77. The second-order valence-electron chi connectivity index (χ2n) is 2.22. The molecule has 0 amide bonds. The summed E-state index contributed by atoms with van der Waals surface area (Å²) in [6.07, 6.45) is 0. The zero-order chi connectivity index (χ0) is 9.56. The number of carbonyl (C=O) groups is 2. The molecule has 0 atom stereocenters. The van der Waals surface area contributed by atoms with Gasteiger partial charge in [0.05, 0.1) is 19.7 Å². The first-order valence-corrected chi connectivity index (χ1v) is 3.33. The van der Waals surface area contributed by atoms with Crippen LogP contribution in [0.1, 0.15) is 0 Å². The van der Waals surface area contributed by atoms with Crippen LogP contribution in [0.5, 0.6) is 0 Å². The standard InChI is InChI=1S/C6H11NO5.Co/c8-2-1-7(3-5(9)10)4-6(11)12;/h8H,1-4H2,(H,9,10)(H,11,12);. The number of hydrogen-bond acceptors (Lipinski definition) is 4. The van der Waals surface area contributed by atoms with Crippen LogP contribution in [0.25, 0.3) is 0 Å². The number of rotatable bonds is 6. The van der Waals surface area contributed by atoms with Crippen LogP contribution in [0.4, 0.5) is 0 Å². The molecular formula is C6H11CoNO5. The molecule has 79 valence electrons. The molecule has 0 aliphatic rings. The quantitative estimate of drug-likeness (QED) is 0.516. The second kappa shape index (κ2) is 7.99. The molecule has 0 rings (SSSR count). The summed E-state index contributed by atoms with van der Waals surface area (Å²) in [6.45, 7) is -0.932. The van der Waals surface area contributed by atoms with Gasteiger partial charge in [-0.25, -0.2) is 0 Å². The fraction of sp³-hybridized carbons (Fsp3) is 0.667. The number of nitrogens with zero attached hydrogens (tertiary/aromatic N) is 1. The molecule has 0 fully saturated rings. The van der Waals surface area contributed by atoms with Gasteiger partial charge in [0, 0.05) is 23.3 Å². The van der Waals surface area contributed by atoms with Crippen LogP contribution in [0, 0.1) is 0 Å². The summed E-state index contributed by atoms with van der Waals surface area (Å²) < 4.78 is 0. The third kappa shape index (κ3) is 9.28. The first-order chi connectivity index (χ1) is 5.56. The van der Waals surface area contributed by atoms with Gasteiger partial charge in [-0.05, 0) is 0 Å². The Kier molecular flexibility index (Phi) is 9.13. The van der Waals surface area contributed by atoms with E-state index in [-0.39, 0.29) is 43.0 Å². The van der Waals surface area contributed by atoms with E-state index in [9.17, 15) is 9.59 Å². The van der Waals surface area contributed by atoms with Gasteiger partial charge in [-0.2, -0.15) is 0 Å². The molecule has 0 aromatic carbocycles. The molecule has 0 aliphatic carbocycles. The first-order valence-electron chi connectivity index (χ1n) is 3.33. The largest absolute Gasteiger partial charge is 0.480 e. The number of carboxylic acid groups (broad SMARTS) is 2.